The Balaban J connectivity index is 4.00. The van der Waals surface area contributed by atoms with Crippen LogP contribution in [-0.2, 0) is 28.6 Å². The van der Waals surface area contributed by atoms with Crippen molar-refractivity contribution in [3.63, 3.8) is 0 Å². The molecular weight excluding hydrogens is 997 g/mol. The van der Waals surface area contributed by atoms with Crippen molar-refractivity contribution in [2.75, 3.05) is 13.2 Å². The van der Waals surface area contributed by atoms with Gasteiger partial charge in [-0.15, -0.1) is 0 Å². The maximum atomic E-state index is 12.9. The van der Waals surface area contributed by atoms with Crippen molar-refractivity contribution < 1.29 is 28.6 Å². The number of rotatable bonds is 71. The fourth-order valence-electron chi connectivity index (χ4n) is 12.0. The lowest BCUT2D eigenvalue weighted by molar-refractivity contribution is -0.167. The first-order chi connectivity index (χ1) is 40.0. The van der Waals surface area contributed by atoms with Crippen LogP contribution in [0.15, 0.2) is 0 Å². The average Bonchev–Trinajstić information content (AvgIpc) is 3.47. The highest BCUT2D eigenvalue weighted by atomic mass is 16.6. The van der Waals surface area contributed by atoms with Crippen LogP contribution in [-0.4, -0.2) is 37.2 Å². The molecule has 0 aliphatic carbocycles. The van der Waals surface area contributed by atoms with Gasteiger partial charge in [0.15, 0.2) is 6.10 Å². The average molecular weight is 1140 g/mol. The zero-order valence-electron chi connectivity index (χ0n) is 55.6. The quantitative estimate of drug-likeness (QED) is 0.0343. The summed E-state index contributed by atoms with van der Waals surface area (Å²) in [6.07, 6.45) is 84.7. The third-order valence-electron chi connectivity index (χ3n) is 17.6. The Labute approximate surface area is 508 Å². The molecule has 6 nitrogen and oxygen atoms in total. The number of unbranched alkanes of at least 4 members (excludes halogenated alkanes) is 60. The van der Waals surface area contributed by atoms with E-state index in [1.54, 1.807) is 0 Å². The van der Waals surface area contributed by atoms with Gasteiger partial charge in [-0.05, 0) is 19.3 Å². The van der Waals surface area contributed by atoms with Crippen molar-refractivity contribution in [3.05, 3.63) is 0 Å². The van der Waals surface area contributed by atoms with Crippen LogP contribution < -0.4 is 0 Å². The molecule has 0 aliphatic rings. The van der Waals surface area contributed by atoms with Crippen LogP contribution in [0, 0.1) is 0 Å². The fraction of sp³-hybridized carbons (Fsp3) is 0.960. The molecule has 0 spiro atoms. The van der Waals surface area contributed by atoms with Gasteiger partial charge in [0.05, 0.1) is 0 Å². The molecule has 0 aromatic heterocycles. The molecule has 0 aliphatic heterocycles. The fourth-order valence-corrected chi connectivity index (χ4v) is 12.0. The lowest BCUT2D eigenvalue weighted by atomic mass is 10.0. The Morgan fingerprint density at radius 1 is 0.198 bits per heavy atom. The SMILES string of the molecule is CCCCCCCCCCCCCCCCCCCCCCCCCCCCCCC(=O)OCC(COC(=O)CCCCCCCCCC)OC(=O)CCCCCCCCCCCCCCCCCCCCCCCCCCCCC. The van der Waals surface area contributed by atoms with Crippen LogP contribution in [0.25, 0.3) is 0 Å². The van der Waals surface area contributed by atoms with Gasteiger partial charge in [0.25, 0.3) is 0 Å². The van der Waals surface area contributed by atoms with Crippen LogP contribution in [0.1, 0.15) is 445 Å². The summed E-state index contributed by atoms with van der Waals surface area (Å²) in [6, 6.07) is 0. The number of carbonyl (C=O) groups is 3. The largest absolute Gasteiger partial charge is 0.462 e. The maximum absolute atomic E-state index is 12.9. The van der Waals surface area contributed by atoms with E-state index in [1.165, 1.54) is 347 Å². The van der Waals surface area contributed by atoms with Crippen LogP contribution >= 0.6 is 0 Å². The summed E-state index contributed by atoms with van der Waals surface area (Å²) in [5.41, 5.74) is 0. The summed E-state index contributed by atoms with van der Waals surface area (Å²) in [5, 5.41) is 0. The smallest absolute Gasteiger partial charge is 0.306 e. The minimum atomic E-state index is -0.762. The predicted octanol–water partition coefficient (Wildman–Crippen LogP) is 25.8. The van der Waals surface area contributed by atoms with Gasteiger partial charge in [0.1, 0.15) is 13.2 Å². The molecule has 482 valence electrons. The molecule has 0 fully saturated rings. The van der Waals surface area contributed by atoms with E-state index in [4.69, 9.17) is 14.2 Å². The van der Waals surface area contributed by atoms with E-state index >= 15 is 0 Å². The van der Waals surface area contributed by atoms with Crippen molar-refractivity contribution in [1.82, 2.24) is 0 Å². The summed E-state index contributed by atoms with van der Waals surface area (Å²) < 4.78 is 17.0. The lowest BCUT2D eigenvalue weighted by Crippen LogP contribution is -2.30. The second-order valence-corrected chi connectivity index (χ2v) is 25.9. The molecule has 0 aromatic rings. The highest BCUT2D eigenvalue weighted by Gasteiger charge is 2.20. The Morgan fingerprint density at radius 3 is 0.494 bits per heavy atom. The van der Waals surface area contributed by atoms with Gasteiger partial charge in [0, 0.05) is 19.3 Å². The highest BCUT2D eigenvalue weighted by molar-refractivity contribution is 5.71. The molecule has 6 heteroatoms. The minimum Gasteiger partial charge on any atom is -0.462 e. The van der Waals surface area contributed by atoms with Crippen molar-refractivity contribution >= 4 is 17.9 Å². The molecule has 0 rings (SSSR count). The number of hydrogen-bond donors (Lipinski definition) is 0. The van der Waals surface area contributed by atoms with Gasteiger partial charge < -0.3 is 14.2 Å². The number of hydrogen-bond acceptors (Lipinski definition) is 6. The molecule has 0 N–H and O–H groups in total. The highest BCUT2D eigenvalue weighted by Crippen LogP contribution is 2.20. The third kappa shape index (κ3) is 69.1. The van der Waals surface area contributed by atoms with Crippen LogP contribution in [0.3, 0.4) is 0 Å². The first kappa shape index (κ1) is 79.4. The molecule has 0 aromatic carbocycles. The summed E-state index contributed by atoms with van der Waals surface area (Å²) in [4.78, 5) is 38.3. The first-order valence-corrected chi connectivity index (χ1v) is 37.5. The first-order valence-electron chi connectivity index (χ1n) is 37.5. The van der Waals surface area contributed by atoms with E-state index in [0.717, 1.165) is 57.8 Å². The third-order valence-corrected chi connectivity index (χ3v) is 17.6. The normalized spacial score (nSPS) is 11.9. The number of esters is 3. The monoisotopic (exact) mass is 1140 g/mol. The summed E-state index contributed by atoms with van der Waals surface area (Å²) in [6.45, 7) is 6.71. The van der Waals surface area contributed by atoms with Gasteiger partial charge in [-0.25, -0.2) is 0 Å². The van der Waals surface area contributed by atoms with E-state index in [1.807, 2.05) is 0 Å². The van der Waals surface area contributed by atoms with Gasteiger partial charge in [-0.2, -0.15) is 0 Å². The Hall–Kier alpha value is -1.59. The Bertz CT molecular complexity index is 1220. The minimum absolute atomic E-state index is 0.0608. The molecule has 81 heavy (non-hydrogen) atoms. The van der Waals surface area contributed by atoms with Crippen LogP contribution in [0.2, 0.25) is 0 Å². The van der Waals surface area contributed by atoms with Gasteiger partial charge in [-0.1, -0.05) is 406 Å². The molecule has 0 saturated heterocycles. The van der Waals surface area contributed by atoms with Gasteiger partial charge >= 0.3 is 17.9 Å². The number of ether oxygens (including phenoxy) is 3. The van der Waals surface area contributed by atoms with E-state index < -0.39 is 6.10 Å². The van der Waals surface area contributed by atoms with Crippen molar-refractivity contribution in [3.8, 4) is 0 Å². The molecule has 0 radical (unpaired) electrons. The van der Waals surface area contributed by atoms with E-state index in [0.29, 0.717) is 19.3 Å². The molecule has 1 unspecified atom stereocenters. The second-order valence-electron chi connectivity index (χ2n) is 25.9. The topological polar surface area (TPSA) is 78.9 Å². The molecule has 1 atom stereocenters. The lowest BCUT2D eigenvalue weighted by Gasteiger charge is -2.18. The Kier molecular flexibility index (Phi) is 69.5. The van der Waals surface area contributed by atoms with Gasteiger partial charge in [-0.3, -0.25) is 14.4 Å². The van der Waals surface area contributed by atoms with Crippen molar-refractivity contribution in [2.24, 2.45) is 0 Å². The summed E-state index contributed by atoms with van der Waals surface area (Å²) in [5.74, 6) is -0.827. The standard InChI is InChI=1S/C75H146O6/c1-4-7-10-13-16-19-21-23-25-27-29-31-33-35-37-39-40-42-44-46-48-50-52-54-56-59-62-65-68-74(77)80-71-72(70-79-73(76)67-64-61-58-18-15-12-9-6-3)81-75(78)69-66-63-60-57-55-53-51-49-47-45-43-41-38-36-34-32-30-28-26-24-22-20-17-14-11-8-5-2/h72H,4-71H2,1-3H3. The Morgan fingerprint density at radius 2 is 0.333 bits per heavy atom. The molecule has 0 amide bonds. The van der Waals surface area contributed by atoms with E-state index in [2.05, 4.69) is 20.8 Å². The second kappa shape index (κ2) is 70.9. The van der Waals surface area contributed by atoms with E-state index in [-0.39, 0.29) is 31.1 Å². The van der Waals surface area contributed by atoms with Crippen molar-refractivity contribution in [1.29, 1.82) is 0 Å². The van der Waals surface area contributed by atoms with Crippen LogP contribution in [0.5, 0.6) is 0 Å². The predicted molar refractivity (Wildman–Crippen MR) is 354 cm³/mol. The summed E-state index contributed by atoms with van der Waals surface area (Å²) in [7, 11) is 0. The van der Waals surface area contributed by atoms with Gasteiger partial charge in [0.2, 0.25) is 0 Å². The van der Waals surface area contributed by atoms with Crippen LogP contribution in [0.4, 0.5) is 0 Å². The van der Waals surface area contributed by atoms with E-state index in [9.17, 15) is 14.4 Å². The maximum Gasteiger partial charge on any atom is 0.306 e. The number of carbonyl (C=O) groups excluding carboxylic acids is 3. The zero-order chi connectivity index (χ0) is 58.5. The summed E-state index contributed by atoms with van der Waals surface area (Å²) >= 11 is 0. The van der Waals surface area contributed by atoms with Crippen molar-refractivity contribution in [2.45, 2.75) is 451 Å². The zero-order valence-corrected chi connectivity index (χ0v) is 55.6. The molecule has 0 saturated carbocycles. The molecule has 0 heterocycles. The molecular formula is C75H146O6. The molecule has 0 bridgehead atoms.